The molecule has 116 valence electrons. The summed E-state index contributed by atoms with van der Waals surface area (Å²) in [6.45, 7) is 1.98. The van der Waals surface area contributed by atoms with Crippen LogP contribution in [0, 0.1) is 5.92 Å². The lowest BCUT2D eigenvalue weighted by Gasteiger charge is -2.21. The van der Waals surface area contributed by atoms with E-state index in [4.69, 9.17) is 0 Å². The number of hydrogen-bond acceptors (Lipinski definition) is 2. The van der Waals surface area contributed by atoms with Gasteiger partial charge in [-0.3, -0.25) is 4.79 Å². The average Bonchev–Trinajstić information content (AvgIpc) is 2.56. The second kappa shape index (κ2) is 8.35. The van der Waals surface area contributed by atoms with Crippen LogP contribution in [0.5, 0.6) is 0 Å². The maximum atomic E-state index is 12.4. The van der Waals surface area contributed by atoms with Crippen LogP contribution in [0.2, 0.25) is 0 Å². The van der Waals surface area contributed by atoms with Crippen LogP contribution in [0.25, 0.3) is 0 Å². The molecular formula is C19H23NO2. The van der Waals surface area contributed by atoms with Gasteiger partial charge in [0, 0.05) is 12.5 Å². The van der Waals surface area contributed by atoms with E-state index in [0.29, 0.717) is 12.8 Å². The molecule has 22 heavy (non-hydrogen) atoms. The minimum Gasteiger partial charge on any atom is -0.396 e. The topological polar surface area (TPSA) is 49.3 Å². The lowest BCUT2D eigenvalue weighted by atomic mass is 9.98. The van der Waals surface area contributed by atoms with Crippen molar-refractivity contribution >= 4 is 5.91 Å². The summed E-state index contributed by atoms with van der Waals surface area (Å²) in [5, 5.41) is 12.3. The number of hydrogen-bond donors (Lipinski definition) is 2. The second-order valence-corrected chi connectivity index (χ2v) is 5.57. The smallest absolute Gasteiger partial charge is 0.223 e. The molecule has 0 aliphatic heterocycles. The molecule has 0 heterocycles. The summed E-state index contributed by atoms with van der Waals surface area (Å²) in [5.41, 5.74) is 2.18. The number of benzene rings is 2. The van der Waals surface area contributed by atoms with E-state index in [1.54, 1.807) is 0 Å². The van der Waals surface area contributed by atoms with Gasteiger partial charge in [-0.1, -0.05) is 67.6 Å². The highest BCUT2D eigenvalue weighted by molar-refractivity contribution is 5.79. The molecule has 2 rings (SSSR count). The molecule has 0 aliphatic rings. The van der Waals surface area contributed by atoms with Gasteiger partial charge in [-0.05, 0) is 24.0 Å². The zero-order valence-electron chi connectivity index (χ0n) is 12.9. The third-order valence-corrected chi connectivity index (χ3v) is 3.77. The Morgan fingerprint density at radius 1 is 1.05 bits per heavy atom. The van der Waals surface area contributed by atoms with Gasteiger partial charge < -0.3 is 10.4 Å². The monoisotopic (exact) mass is 297 g/mol. The molecule has 3 nitrogen and oxygen atoms in total. The number of aliphatic hydroxyl groups is 1. The summed E-state index contributed by atoms with van der Waals surface area (Å²) < 4.78 is 0. The molecule has 0 fully saturated rings. The van der Waals surface area contributed by atoms with Crippen molar-refractivity contribution in [2.45, 2.75) is 25.8 Å². The first-order valence-corrected chi connectivity index (χ1v) is 7.71. The molecule has 3 heteroatoms. The number of aliphatic hydroxyl groups excluding tert-OH is 1. The van der Waals surface area contributed by atoms with E-state index < -0.39 is 0 Å². The summed E-state index contributed by atoms with van der Waals surface area (Å²) in [7, 11) is 0. The second-order valence-electron chi connectivity index (χ2n) is 5.57. The van der Waals surface area contributed by atoms with Crippen molar-refractivity contribution in [1.29, 1.82) is 0 Å². The first-order valence-electron chi connectivity index (χ1n) is 7.71. The Morgan fingerprint density at radius 3 is 2.23 bits per heavy atom. The third kappa shape index (κ3) is 4.71. The van der Waals surface area contributed by atoms with Gasteiger partial charge in [0.25, 0.3) is 0 Å². The Morgan fingerprint density at radius 2 is 1.64 bits per heavy atom. The molecule has 0 spiro atoms. The lowest BCUT2D eigenvalue weighted by molar-refractivity contribution is -0.125. The zero-order valence-corrected chi connectivity index (χ0v) is 12.9. The van der Waals surface area contributed by atoms with E-state index in [0.717, 1.165) is 11.1 Å². The Balaban J connectivity index is 1.98. The standard InChI is InChI=1S/C19H23NO2/c1-15(14-16-8-4-2-5-9-16)19(22)20-18(12-13-21)17-10-6-3-7-11-17/h2-11,15,18,21H,12-14H2,1H3,(H,20,22). The van der Waals surface area contributed by atoms with Crippen molar-refractivity contribution in [3.63, 3.8) is 0 Å². The average molecular weight is 297 g/mol. The van der Waals surface area contributed by atoms with Gasteiger partial charge in [0.2, 0.25) is 5.91 Å². The largest absolute Gasteiger partial charge is 0.396 e. The zero-order chi connectivity index (χ0) is 15.8. The molecule has 2 aromatic rings. The fraction of sp³-hybridized carbons (Fsp3) is 0.316. The molecule has 0 bridgehead atoms. The molecule has 2 N–H and O–H groups in total. The predicted octanol–water partition coefficient (Wildman–Crippen LogP) is 3.11. The predicted molar refractivity (Wildman–Crippen MR) is 88.3 cm³/mol. The van der Waals surface area contributed by atoms with Crippen LogP contribution in [0.4, 0.5) is 0 Å². The van der Waals surface area contributed by atoms with Crippen LogP contribution in [0.1, 0.15) is 30.5 Å². The van der Waals surface area contributed by atoms with Gasteiger partial charge in [0.15, 0.2) is 0 Å². The van der Waals surface area contributed by atoms with Crippen molar-refractivity contribution < 1.29 is 9.90 Å². The Bertz CT molecular complexity index is 569. The number of carbonyl (C=O) groups is 1. The maximum Gasteiger partial charge on any atom is 0.223 e. The van der Waals surface area contributed by atoms with E-state index >= 15 is 0 Å². The first kappa shape index (κ1) is 16.2. The minimum atomic E-state index is -0.142. The van der Waals surface area contributed by atoms with Crippen LogP contribution < -0.4 is 5.32 Å². The number of nitrogens with one attached hydrogen (secondary N) is 1. The molecule has 1 amide bonds. The fourth-order valence-electron chi connectivity index (χ4n) is 2.51. The van der Waals surface area contributed by atoms with Crippen molar-refractivity contribution in [2.24, 2.45) is 5.92 Å². The Hall–Kier alpha value is -2.13. The van der Waals surface area contributed by atoms with E-state index in [9.17, 15) is 9.90 Å². The highest BCUT2D eigenvalue weighted by Crippen LogP contribution is 2.17. The molecule has 2 aromatic carbocycles. The molecule has 2 unspecified atom stereocenters. The molecule has 2 atom stereocenters. The van der Waals surface area contributed by atoms with E-state index in [2.05, 4.69) is 5.32 Å². The van der Waals surface area contributed by atoms with E-state index in [-0.39, 0.29) is 24.5 Å². The molecule has 0 saturated carbocycles. The Kier molecular flexibility index (Phi) is 6.16. The highest BCUT2D eigenvalue weighted by Gasteiger charge is 2.18. The maximum absolute atomic E-state index is 12.4. The van der Waals surface area contributed by atoms with E-state index in [1.807, 2.05) is 67.6 Å². The van der Waals surface area contributed by atoms with Crippen molar-refractivity contribution in [2.75, 3.05) is 6.61 Å². The van der Waals surface area contributed by atoms with E-state index in [1.165, 1.54) is 0 Å². The SMILES string of the molecule is CC(Cc1ccccc1)C(=O)NC(CCO)c1ccccc1. The summed E-state index contributed by atoms with van der Waals surface area (Å²) in [6.07, 6.45) is 1.24. The van der Waals surface area contributed by atoms with Gasteiger partial charge in [0.05, 0.1) is 6.04 Å². The molecule has 0 saturated heterocycles. The van der Waals surface area contributed by atoms with Crippen molar-refractivity contribution in [1.82, 2.24) is 5.32 Å². The molecular weight excluding hydrogens is 274 g/mol. The Labute approximate surface area is 132 Å². The summed E-state index contributed by atoms with van der Waals surface area (Å²) in [6, 6.07) is 19.6. The number of amides is 1. The van der Waals surface area contributed by atoms with Crippen LogP contribution in [0.3, 0.4) is 0 Å². The number of rotatable bonds is 7. The quantitative estimate of drug-likeness (QED) is 0.825. The summed E-state index contributed by atoms with van der Waals surface area (Å²) >= 11 is 0. The summed E-state index contributed by atoms with van der Waals surface area (Å²) in [4.78, 5) is 12.4. The lowest BCUT2D eigenvalue weighted by Crippen LogP contribution is -2.34. The number of carbonyl (C=O) groups excluding carboxylic acids is 1. The van der Waals surface area contributed by atoms with Gasteiger partial charge >= 0.3 is 0 Å². The summed E-state index contributed by atoms with van der Waals surface area (Å²) in [5.74, 6) is -0.0848. The van der Waals surface area contributed by atoms with Crippen molar-refractivity contribution in [3.05, 3.63) is 71.8 Å². The molecule has 0 aromatic heterocycles. The van der Waals surface area contributed by atoms with Crippen LogP contribution in [-0.4, -0.2) is 17.6 Å². The van der Waals surface area contributed by atoms with Crippen LogP contribution in [0.15, 0.2) is 60.7 Å². The normalized spacial score (nSPS) is 13.4. The van der Waals surface area contributed by atoms with Gasteiger partial charge in [-0.15, -0.1) is 0 Å². The van der Waals surface area contributed by atoms with Gasteiger partial charge in [0.1, 0.15) is 0 Å². The minimum absolute atomic E-state index is 0.0196. The van der Waals surface area contributed by atoms with Gasteiger partial charge in [-0.25, -0.2) is 0 Å². The van der Waals surface area contributed by atoms with Crippen molar-refractivity contribution in [3.8, 4) is 0 Å². The van der Waals surface area contributed by atoms with Gasteiger partial charge in [-0.2, -0.15) is 0 Å². The van der Waals surface area contributed by atoms with Crippen LogP contribution in [-0.2, 0) is 11.2 Å². The molecule has 0 radical (unpaired) electrons. The highest BCUT2D eigenvalue weighted by atomic mass is 16.3. The fourth-order valence-corrected chi connectivity index (χ4v) is 2.51. The third-order valence-electron chi connectivity index (χ3n) is 3.77. The first-order chi connectivity index (χ1) is 10.7. The molecule has 0 aliphatic carbocycles. The van der Waals surface area contributed by atoms with Crippen LogP contribution >= 0.6 is 0 Å².